The lowest BCUT2D eigenvalue weighted by Crippen LogP contribution is -2.43. The van der Waals surface area contributed by atoms with Gasteiger partial charge in [-0.3, -0.25) is 14.7 Å². The number of methoxy groups -OCH3 is 1. The van der Waals surface area contributed by atoms with E-state index in [1.165, 1.54) is 12.7 Å². The summed E-state index contributed by atoms with van der Waals surface area (Å²) < 4.78 is 4.94. The molecule has 1 heterocycles. The minimum Gasteiger partial charge on any atom is -0.468 e. The number of nitrogens with zero attached hydrogens (tertiary/aromatic N) is 2. The number of carbonyl (C=O) groups excluding carboxylic acids is 1. The average molecular weight is 248 g/mol. The van der Waals surface area contributed by atoms with Crippen molar-refractivity contribution in [1.82, 2.24) is 9.88 Å². The van der Waals surface area contributed by atoms with Crippen molar-refractivity contribution in [2.75, 3.05) is 13.7 Å². The normalized spacial score (nSPS) is 16.6. The fraction of sp³-hybridized carbons (Fsp3) is 0.571. The molecule has 0 bridgehead atoms. The lowest BCUT2D eigenvalue weighted by atomic mass is 10.1. The van der Waals surface area contributed by atoms with Crippen molar-refractivity contribution in [1.29, 1.82) is 0 Å². The van der Waals surface area contributed by atoms with Gasteiger partial charge >= 0.3 is 5.97 Å². The SMILES string of the molecule is CCN(Cc1ccncc1)C(C(=O)OC)C1CC1. The van der Waals surface area contributed by atoms with Crippen LogP contribution >= 0.6 is 0 Å². The van der Waals surface area contributed by atoms with Crippen LogP contribution in [0.5, 0.6) is 0 Å². The molecule has 0 aliphatic heterocycles. The largest absolute Gasteiger partial charge is 0.468 e. The smallest absolute Gasteiger partial charge is 0.323 e. The Morgan fingerprint density at radius 2 is 2.17 bits per heavy atom. The molecular weight excluding hydrogens is 228 g/mol. The third-order valence-corrected chi connectivity index (χ3v) is 3.45. The van der Waals surface area contributed by atoms with Gasteiger partial charge in [-0.25, -0.2) is 0 Å². The Bertz CT molecular complexity index is 390. The molecular formula is C14H20N2O2. The van der Waals surface area contributed by atoms with Crippen molar-refractivity contribution in [3.8, 4) is 0 Å². The van der Waals surface area contributed by atoms with Crippen LogP contribution in [-0.2, 0) is 16.1 Å². The number of likely N-dealkylation sites (N-methyl/N-ethyl adjacent to an activating group) is 1. The zero-order valence-corrected chi connectivity index (χ0v) is 11.0. The quantitative estimate of drug-likeness (QED) is 0.721. The molecule has 0 aromatic carbocycles. The molecule has 1 aliphatic carbocycles. The molecule has 1 aromatic heterocycles. The highest BCUT2D eigenvalue weighted by Crippen LogP contribution is 2.36. The molecule has 1 aliphatic rings. The van der Waals surface area contributed by atoms with E-state index in [0.717, 1.165) is 25.9 Å². The molecule has 2 rings (SSSR count). The van der Waals surface area contributed by atoms with Gasteiger partial charge in [0, 0.05) is 18.9 Å². The Morgan fingerprint density at radius 3 is 2.67 bits per heavy atom. The Hall–Kier alpha value is -1.42. The molecule has 1 aromatic rings. The summed E-state index contributed by atoms with van der Waals surface area (Å²) in [5.41, 5.74) is 1.18. The van der Waals surface area contributed by atoms with Crippen LogP contribution in [0.3, 0.4) is 0 Å². The van der Waals surface area contributed by atoms with Gasteiger partial charge in [-0.2, -0.15) is 0 Å². The van der Waals surface area contributed by atoms with Crippen molar-refractivity contribution in [3.05, 3.63) is 30.1 Å². The monoisotopic (exact) mass is 248 g/mol. The van der Waals surface area contributed by atoms with Gasteiger partial charge < -0.3 is 4.74 Å². The molecule has 18 heavy (non-hydrogen) atoms. The molecule has 1 saturated carbocycles. The zero-order valence-electron chi connectivity index (χ0n) is 11.0. The Kier molecular flexibility index (Phi) is 4.31. The summed E-state index contributed by atoms with van der Waals surface area (Å²) in [7, 11) is 1.47. The third-order valence-electron chi connectivity index (χ3n) is 3.45. The first kappa shape index (κ1) is 13.0. The summed E-state index contributed by atoms with van der Waals surface area (Å²) in [6, 6.07) is 3.89. The minimum absolute atomic E-state index is 0.0897. The first-order chi connectivity index (χ1) is 8.76. The minimum atomic E-state index is -0.103. The number of ether oxygens (including phenoxy) is 1. The van der Waals surface area contributed by atoms with Crippen LogP contribution in [0, 0.1) is 5.92 Å². The highest BCUT2D eigenvalue weighted by atomic mass is 16.5. The lowest BCUT2D eigenvalue weighted by Gasteiger charge is -2.28. The van der Waals surface area contributed by atoms with Crippen LogP contribution in [0.1, 0.15) is 25.3 Å². The fourth-order valence-corrected chi connectivity index (χ4v) is 2.30. The van der Waals surface area contributed by atoms with Gasteiger partial charge in [-0.05, 0) is 43.0 Å². The van der Waals surface area contributed by atoms with Gasteiger partial charge in [-0.1, -0.05) is 6.92 Å². The van der Waals surface area contributed by atoms with Gasteiger partial charge in [0.1, 0.15) is 6.04 Å². The lowest BCUT2D eigenvalue weighted by molar-refractivity contribution is -0.148. The highest BCUT2D eigenvalue weighted by molar-refractivity contribution is 5.76. The molecule has 0 radical (unpaired) electrons. The van der Waals surface area contributed by atoms with E-state index in [4.69, 9.17) is 4.74 Å². The molecule has 4 nitrogen and oxygen atoms in total. The Morgan fingerprint density at radius 1 is 1.50 bits per heavy atom. The number of esters is 1. The Balaban J connectivity index is 2.08. The summed E-state index contributed by atoms with van der Waals surface area (Å²) >= 11 is 0. The van der Waals surface area contributed by atoms with Crippen LogP contribution in [0.15, 0.2) is 24.5 Å². The number of hydrogen-bond acceptors (Lipinski definition) is 4. The number of rotatable bonds is 6. The third kappa shape index (κ3) is 3.07. The van der Waals surface area contributed by atoms with Gasteiger partial charge in [0.2, 0.25) is 0 Å². The number of pyridine rings is 1. The van der Waals surface area contributed by atoms with Gasteiger partial charge in [0.15, 0.2) is 0 Å². The second-order valence-corrected chi connectivity index (χ2v) is 4.72. The van der Waals surface area contributed by atoms with Crippen molar-refractivity contribution in [2.45, 2.75) is 32.4 Å². The molecule has 1 fully saturated rings. The summed E-state index contributed by atoms with van der Waals surface area (Å²) in [5, 5.41) is 0. The molecule has 4 heteroatoms. The van der Waals surface area contributed by atoms with Crippen LogP contribution in [0.4, 0.5) is 0 Å². The highest BCUT2D eigenvalue weighted by Gasteiger charge is 2.40. The number of aromatic nitrogens is 1. The predicted octanol–water partition coefficient (Wildman–Crippen LogP) is 1.86. The zero-order chi connectivity index (χ0) is 13.0. The van der Waals surface area contributed by atoms with Crippen molar-refractivity contribution in [2.24, 2.45) is 5.92 Å². The molecule has 0 N–H and O–H groups in total. The first-order valence-electron chi connectivity index (χ1n) is 6.47. The maximum atomic E-state index is 11.9. The van der Waals surface area contributed by atoms with Crippen molar-refractivity contribution < 1.29 is 9.53 Å². The van der Waals surface area contributed by atoms with E-state index in [9.17, 15) is 4.79 Å². The second kappa shape index (κ2) is 5.96. The van der Waals surface area contributed by atoms with Crippen molar-refractivity contribution >= 4 is 5.97 Å². The van der Waals surface area contributed by atoms with Gasteiger partial charge in [-0.15, -0.1) is 0 Å². The topological polar surface area (TPSA) is 42.4 Å². The number of carbonyl (C=O) groups is 1. The predicted molar refractivity (Wildman–Crippen MR) is 68.8 cm³/mol. The Labute approximate surface area is 108 Å². The van der Waals surface area contributed by atoms with E-state index in [2.05, 4.69) is 16.8 Å². The standard InChI is InChI=1S/C14H20N2O2/c1-3-16(10-11-6-8-15-9-7-11)13(12-4-5-12)14(17)18-2/h6-9,12-13H,3-5,10H2,1-2H3. The van der Waals surface area contributed by atoms with E-state index >= 15 is 0 Å². The van der Waals surface area contributed by atoms with Gasteiger partial charge in [0.25, 0.3) is 0 Å². The summed E-state index contributed by atoms with van der Waals surface area (Å²) in [6.07, 6.45) is 5.83. The van der Waals surface area contributed by atoms with E-state index in [-0.39, 0.29) is 12.0 Å². The fourth-order valence-electron chi connectivity index (χ4n) is 2.30. The maximum Gasteiger partial charge on any atom is 0.323 e. The first-order valence-corrected chi connectivity index (χ1v) is 6.47. The molecule has 0 spiro atoms. The molecule has 1 atom stereocenters. The number of hydrogen-bond donors (Lipinski definition) is 0. The summed E-state index contributed by atoms with van der Waals surface area (Å²) in [6.45, 7) is 3.70. The van der Waals surface area contributed by atoms with E-state index in [1.807, 2.05) is 12.1 Å². The molecule has 98 valence electrons. The molecule has 0 amide bonds. The summed E-state index contributed by atoms with van der Waals surface area (Å²) in [4.78, 5) is 18.1. The van der Waals surface area contributed by atoms with Crippen LogP contribution in [0.25, 0.3) is 0 Å². The van der Waals surface area contributed by atoms with Crippen LogP contribution in [-0.4, -0.2) is 35.5 Å². The van der Waals surface area contributed by atoms with Crippen LogP contribution < -0.4 is 0 Å². The second-order valence-electron chi connectivity index (χ2n) is 4.72. The van der Waals surface area contributed by atoms with E-state index in [1.54, 1.807) is 12.4 Å². The van der Waals surface area contributed by atoms with E-state index in [0.29, 0.717) is 5.92 Å². The summed E-state index contributed by atoms with van der Waals surface area (Å²) in [5.74, 6) is 0.368. The molecule has 0 saturated heterocycles. The average Bonchev–Trinajstić information content (AvgIpc) is 3.23. The van der Waals surface area contributed by atoms with Crippen molar-refractivity contribution in [3.63, 3.8) is 0 Å². The van der Waals surface area contributed by atoms with Crippen LogP contribution in [0.2, 0.25) is 0 Å². The maximum absolute atomic E-state index is 11.9. The van der Waals surface area contributed by atoms with E-state index < -0.39 is 0 Å². The molecule has 1 unspecified atom stereocenters. The van der Waals surface area contributed by atoms with Gasteiger partial charge in [0.05, 0.1) is 7.11 Å².